The molecule has 1 aliphatic rings. The molecule has 0 fully saturated rings. The summed E-state index contributed by atoms with van der Waals surface area (Å²) in [5.41, 5.74) is 5.31. The highest BCUT2D eigenvalue weighted by Gasteiger charge is 2.25. The lowest BCUT2D eigenvalue weighted by Gasteiger charge is -2.22. The van der Waals surface area contributed by atoms with E-state index in [0.29, 0.717) is 5.56 Å². The zero-order chi connectivity index (χ0) is 15.0. The second kappa shape index (κ2) is 5.12. The van der Waals surface area contributed by atoms with Gasteiger partial charge in [0, 0.05) is 10.0 Å². The van der Waals surface area contributed by atoms with Gasteiger partial charge in [-0.2, -0.15) is 10.2 Å². The van der Waals surface area contributed by atoms with Gasteiger partial charge in [0.05, 0.1) is 12.2 Å². The van der Waals surface area contributed by atoms with Crippen LogP contribution in [-0.4, -0.2) is 22.0 Å². The molecular weight excluding hydrogens is 338 g/mol. The predicted molar refractivity (Wildman–Crippen MR) is 78.6 cm³/mol. The summed E-state index contributed by atoms with van der Waals surface area (Å²) in [7, 11) is 0. The van der Waals surface area contributed by atoms with Gasteiger partial charge in [0.25, 0.3) is 5.56 Å². The van der Waals surface area contributed by atoms with Gasteiger partial charge in [-0.25, -0.2) is 9.99 Å². The zero-order valence-electron chi connectivity index (χ0n) is 10.6. The van der Waals surface area contributed by atoms with Crippen LogP contribution in [0.15, 0.2) is 33.5 Å². The fourth-order valence-electron chi connectivity index (χ4n) is 2.11. The smallest absolute Gasteiger partial charge is 0.290 e. The first-order valence-electron chi connectivity index (χ1n) is 5.97. The number of benzene rings is 1. The van der Waals surface area contributed by atoms with Crippen LogP contribution in [0.1, 0.15) is 10.4 Å². The van der Waals surface area contributed by atoms with Crippen molar-refractivity contribution in [3.63, 3.8) is 0 Å². The van der Waals surface area contributed by atoms with Crippen molar-refractivity contribution in [3.05, 3.63) is 44.7 Å². The van der Waals surface area contributed by atoms with Gasteiger partial charge in [0.2, 0.25) is 11.9 Å². The summed E-state index contributed by atoms with van der Waals surface area (Å²) in [4.78, 5) is 27.8. The van der Waals surface area contributed by atoms with Crippen LogP contribution >= 0.6 is 15.9 Å². The third kappa shape index (κ3) is 2.22. The molecule has 104 valence electrons. The maximum absolute atomic E-state index is 12.1. The van der Waals surface area contributed by atoms with E-state index in [4.69, 9.17) is 0 Å². The van der Waals surface area contributed by atoms with Crippen molar-refractivity contribution in [1.82, 2.24) is 15.0 Å². The molecule has 1 aromatic carbocycles. The van der Waals surface area contributed by atoms with Gasteiger partial charge in [-0.05, 0) is 12.1 Å². The third-order valence-electron chi connectivity index (χ3n) is 3.01. The number of rotatable bonds is 1. The van der Waals surface area contributed by atoms with E-state index in [2.05, 4.69) is 31.8 Å². The number of hydrogen-bond donors (Lipinski definition) is 2. The molecule has 0 aliphatic carbocycles. The first kappa shape index (κ1) is 13.5. The summed E-state index contributed by atoms with van der Waals surface area (Å²) in [6.07, 6.45) is 0. The van der Waals surface area contributed by atoms with Crippen molar-refractivity contribution in [1.29, 1.82) is 5.26 Å². The fourth-order valence-corrected chi connectivity index (χ4v) is 2.37. The average molecular weight is 346 g/mol. The predicted octanol–water partition coefficient (Wildman–Crippen LogP) is 1.11. The third-order valence-corrected chi connectivity index (χ3v) is 3.54. The Morgan fingerprint density at radius 2 is 2.00 bits per heavy atom. The number of fused-ring (bicyclic) bond motifs is 1. The van der Waals surface area contributed by atoms with Crippen LogP contribution in [0.5, 0.6) is 0 Å². The first-order valence-corrected chi connectivity index (χ1v) is 6.76. The highest BCUT2D eigenvalue weighted by Crippen LogP contribution is 2.26. The largest absolute Gasteiger partial charge is 0.293 e. The molecule has 7 nitrogen and oxygen atoms in total. The zero-order valence-corrected chi connectivity index (χ0v) is 12.1. The molecule has 0 unspecified atom stereocenters. The Kier molecular flexibility index (Phi) is 3.29. The summed E-state index contributed by atoms with van der Waals surface area (Å²) >= 11 is 3.32. The van der Waals surface area contributed by atoms with Crippen LogP contribution in [0.3, 0.4) is 0 Å². The highest BCUT2D eigenvalue weighted by molar-refractivity contribution is 9.10. The van der Waals surface area contributed by atoms with E-state index >= 15 is 0 Å². The molecule has 0 bridgehead atoms. The van der Waals surface area contributed by atoms with Gasteiger partial charge in [0.1, 0.15) is 11.6 Å². The number of hydrogen-bond acceptors (Lipinski definition) is 6. The van der Waals surface area contributed by atoms with Gasteiger partial charge < -0.3 is 0 Å². The molecule has 1 aromatic heterocycles. The number of nitrogens with zero attached hydrogens (tertiary/aromatic N) is 3. The van der Waals surface area contributed by atoms with Gasteiger partial charge in [0.15, 0.2) is 0 Å². The van der Waals surface area contributed by atoms with Gasteiger partial charge in [-0.15, -0.1) is 0 Å². The second-order valence-electron chi connectivity index (χ2n) is 4.29. The molecular formula is C13H8BrN5O2. The quantitative estimate of drug-likeness (QED) is 0.803. The SMILES string of the molecule is N#Cc1c(-c2ccc(Br)cc2)n2c(nc1=O)NNCC2=O. The van der Waals surface area contributed by atoms with Crippen LogP contribution < -0.4 is 16.4 Å². The molecule has 8 heteroatoms. The maximum atomic E-state index is 12.1. The van der Waals surface area contributed by atoms with Gasteiger partial charge >= 0.3 is 0 Å². The van der Waals surface area contributed by atoms with Crippen LogP contribution in [0.25, 0.3) is 11.3 Å². The first-order chi connectivity index (χ1) is 10.1. The molecule has 2 heterocycles. The number of nitriles is 1. The van der Waals surface area contributed by atoms with Crippen molar-refractivity contribution in [2.75, 3.05) is 12.0 Å². The lowest BCUT2D eigenvalue weighted by Crippen LogP contribution is -2.42. The summed E-state index contributed by atoms with van der Waals surface area (Å²) in [5.74, 6) is -0.223. The molecule has 0 amide bonds. The molecule has 3 rings (SSSR count). The minimum Gasteiger partial charge on any atom is -0.290 e. The Balaban J connectivity index is 2.39. The van der Waals surface area contributed by atoms with Crippen molar-refractivity contribution < 1.29 is 4.79 Å². The van der Waals surface area contributed by atoms with E-state index in [1.165, 1.54) is 4.57 Å². The molecule has 0 atom stereocenters. The summed E-state index contributed by atoms with van der Waals surface area (Å²) in [5, 5.41) is 9.24. The van der Waals surface area contributed by atoms with Crippen molar-refractivity contribution in [3.8, 4) is 17.3 Å². The number of aromatic nitrogens is 2. The minimum absolute atomic E-state index is 0.0337. The second-order valence-corrected chi connectivity index (χ2v) is 5.21. The number of carbonyl (C=O) groups is 1. The van der Waals surface area contributed by atoms with E-state index in [-0.39, 0.29) is 29.7 Å². The molecule has 0 radical (unpaired) electrons. The van der Waals surface area contributed by atoms with E-state index in [0.717, 1.165) is 4.47 Å². The Labute approximate surface area is 127 Å². The van der Waals surface area contributed by atoms with E-state index in [9.17, 15) is 14.9 Å². The monoisotopic (exact) mass is 345 g/mol. The minimum atomic E-state index is -0.675. The summed E-state index contributed by atoms with van der Waals surface area (Å²) in [6.45, 7) is 0.0337. The number of hydrazine groups is 1. The van der Waals surface area contributed by atoms with E-state index in [1.807, 2.05) is 6.07 Å². The van der Waals surface area contributed by atoms with Crippen LogP contribution in [0.4, 0.5) is 5.95 Å². The number of halogens is 1. The topological polar surface area (TPSA) is 99.8 Å². The highest BCUT2D eigenvalue weighted by atomic mass is 79.9. The Bertz CT molecular complexity index is 835. The molecule has 2 N–H and O–H groups in total. The van der Waals surface area contributed by atoms with Crippen molar-refractivity contribution in [2.45, 2.75) is 0 Å². The average Bonchev–Trinajstić information content (AvgIpc) is 2.47. The lowest BCUT2D eigenvalue weighted by atomic mass is 10.1. The van der Waals surface area contributed by atoms with Crippen LogP contribution in [0.2, 0.25) is 0 Å². The van der Waals surface area contributed by atoms with Gasteiger partial charge in [-0.3, -0.25) is 15.0 Å². The lowest BCUT2D eigenvalue weighted by molar-refractivity contribution is 0.0908. The molecule has 2 aromatic rings. The van der Waals surface area contributed by atoms with Crippen molar-refractivity contribution in [2.24, 2.45) is 0 Å². The molecule has 0 saturated heterocycles. The molecule has 0 saturated carbocycles. The Morgan fingerprint density at radius 3 is 2.67 bits per heavy atom. The van der Waals surface area contributed by atoms with Crippen LogP contribution in [-0.2, 0) is 0 Å². The Hall–Kier alpha value is -2.50. The summed E-state index contributed by atoms with van der Waals surface area (Å²) < 4.78 is 2.10. The summed E-state index contributed by atoms with van der Waals surface area (Å²) in [6, 6.07) is 8.83. The van der Waals surface area contributed by atoms with Crippen LogP contribution in [0, 0.1) is 11.3 Å². The normalized spacial score (nSPS) is 13.2. The Morgan fingerprint density at radius 1 is 1.29 bits per heavy atom. The molecule has 1 aliphatic heterocycles. The number of carbonyl (C=O) groups excluding carboxylic acids is 1. The van der Waals surface area contributed by atoms with E-state index < -0.39 is 5.56 Å². The maximum Gasteiger partial charge on any atom is 0.293 e. The molecule has 0 spiro atoms. The number of anilines is 1. The number of nitrogens with one attached hydrogen (secondary N) is 2. The van der Waals surface area contributed by atoms with Crippen molar-refractivity contribution >= 4 is 27.8 Å². The standard InChI is InChI=1S/C13H8BrN5O2/c14-8-3-1-7(2-4-8)11-9(5-15)12(21)17-13-18-16-6-10(20)19(11)13/h1-4,16H,6H2,(H,17,18,21). The van der Waals surface area contributed by atoms with Gasteiger partial charge in [-0.1, -0.05) is 28.1 Å². The van der Waals surface area contributed by atoms with E-state index in [1.54, 1.807) is 24.3 Å². The molecule has 21 heavy (non-hydrogen) atoms. The fraction of sp³-hybridized carbons (Fsp3) is 0.0769.